The van der Waals surface area contributed by atoms with E-state index in [0.29, 0.717) is 30.4 Å². The molecule has 1 N–H and O–H groups in total. The molecule has 1 amide bonds. The number of anilines is 1. The Morgan fingerprint density at radius 2 is 2.00 bits per heavy atom. The zero-order valence-corrected chi connectivity index (χ0v) is 10.2. The standard InChI is InChI=1S/C13H13NO5/c15-12-5-8(13(16)17)7-14(12)9-1-2-10-11(6-9)19-4-3-18-10/h1-2,6,8H,3-5,7H2,(H,16,17)/t8-/m1/s1. The maximum Gasteiger partial charge on any atom is 0.308 e. The molecule has 100 valence electrons. The van der Waals surface area contributed by atoms with Crippen molar-refractivity contribution in [1.82, 2.24) is 0 Å². The van der Waals surface area contributed by atoms with Crippen molar-refractivity contribution in [2.75, 3.05) is 24.7 Å². The quantitative estimate of drug-likeness (QED) is 0.857. The Labute approximate surface area is 109 Å². The molecule has 0 unspecified atom stereocenters. The summed E-state index contributed by atoms with van der Waals surface area (Å²) in [6, 6.07) is 5.21. The molecule has 1 aromatic rings. The van der Waals surface area contributed by atoms with Crippen molar-refractivity contribution in [2.24, 2.45) is 5.92 Å². The van der Waals surface area contributed by atoms with Crippen LogP contribution in [0.3, 0.4) is 0 Å². The van der Waals surface area contributed by atoms with Crippen LogP contribution in [0.15, 0.2) is 18.2 Å². The van der Waals surface area contributed by atoms with Crippen molar-refractivity contribution >= 4 is 17.6 Å². The number of amides is 1. The number of fused-ring (bicyclic) bond motifs is 1. The largest absolute Gasteiger partial charge is 0.486 e. The van der Waals surface area contributed by atoms with Crippen LogP contribution in [0.2, 0.25) is 0 Å². The topological polar surface area (TPSA) is 76.1 Å². The molecule has 0 aromatic heterocycles. The highest BCUT2D eigenvalue weighted by molar-refractivity contribution is 5.99. The minimum Gasteiger partial charge on any atom is -0.486 e. The number of hydrogen-bond acceptors (Lipinski definition) is 4. The van der Waals surface area contributed by atoms with E-state index in [1.165, 1.54) is 4.90 Å². The van der Waals surface area contributed by atoms with Gasteiger partial charge in [0.05, 0.1) is 5.92 Å². The second-order valence-electron chi connectivity index (χ2n) is 4.57. The van der Waals surface area contributed by atoms with E-state index in [4.69, 9.17) is 14.6 Å². The van der Waals surface area contributed by atoms with Crippen molar-refractivity contribution in [3.05, 3.63) is 18.2 Å². The molecule has 2 aliphatic rings. The van der Waals surface area contributed by atoms with E-state index >= 15 is 0 Å². The monoisotopic (exact) mass is 263 g/mol. The number of rotatable bonds is 2. The average Bonchev–Trinajstić information content (AvgIpc) is 2.80. The van der Waals surface area contributed by atoms with Gasteiger partial charge >= 0.3 is 5.97 Å². The first-order chi connectivity index (χ1) is 9.15. The first kappa shape index (κ1) is 11.8. The van der Waals surface area contributed by atoms with Crippen LogP contribution in [-0.4, -0.2) is 36.7 Å². The maximum atomic E-state index is 11.8. The highest BCUT2D eigenvalue weighted by Crippen LogP contribution is 2.35. The summed E-state index contributed by atoms with van der Waals surface area (Å²) in [6.45, 7) is 1.19. The third-order valence-electron chi connectivity index (χ3n) is 3.31. The van der Waals surface area contributed by atoms with Gasteiger partial charge in [0.25, 0.3) is 0 Å². The van der Waals surface area contributed by atoms with Gasteiger partial charge in [0.2, 0.25) is 5.91 Å². The fraction of sp³-hybridized carbons (Fsp3) is 0.385. The molecule has 6 heteroatoms. The summed E-state index contributed by atoms with van der Waals surface area (Å²) in [6.07, 6.45) is 0.0454. The van der Waals surface area contributed by atoms with Crippen LogP contribution < -0.4 is 14.4 Å². The Kier molecular flexibility index (Phi) is 2.77. The highest BCUT2D eigenvalue weighted by atomic mass is 16.6. The average molecular weight is 263 g/mol. The molecule has 1 saturated heterocycles. The Bertz CT molecular complexity index is 542. The van der Waals surface area contributed by atoms with E-state index < -0.39 is 11.9 Å². The first-order valence-corrected chi connectivity index (χ1v) is 6.08. The number of carbonyl (C=O) groups excluding carboxylic acids is 1. The zero-order chi connectivity index (χ0) is 13.4. The van der Waals surface area contributed by atoms with Gasteiger partial charge in [0.1, 0.15) is 13.2 Å². The lowest BCUT2D eigenvalue weighted by Gasteiger charge is -2.22. The van der Waals surface area contributed by atoms with Gasteiger partial charge in [-0.25, -0.2) is 0 Å². The number of carboxylic acids is 1. The van der Waals surface area contributed by atoms with Gasteiger partial charge in [-0.1, -0.05) is 0 Å². The van der Waals surface area contributed by atoms with Crippen LogP contribution in [0.4, 0.5) is 5.69 Å². The molecule has 0 radical (unpaired) electrons. The Balaban J connectivity index is 1.86. The molecule has 1 fully saturated rings. The number of ether oxygens (including phenoxy) is 2. The summed E-state index contributed by atoms with van der Waals surface area (Å²) in [7, 11) is 0. The summed E-state index contributed by atoms with van der Waals surface area (Å²) in [5.41, 5.74) is 0.651. The predicted molar refractivity (Wildman–Crippen MR) is 65.5 cm³/mol. The molecule has 2 aliphatic heterocycles. The van der Waals surface area contributed by atoms with Gasteiger partial charge in [0, 0.05) is 24.7 Å². The molecule has 0 bridgehead atoms. The van der Waals surface area contributed by atoms with Crippen molar-refractivity contribution in [3.8, 4) is 11.5 Å². The molecule has 6 nitrogen and oxygen atoms in total. The minimum absolute atomic E-state index is 0.0454. The summed E-state index contributed by atoms with van der Waals surface area (Å²) < 4.78 is 10.9. The number of benzene rings is 1. The lowest BCUT2D eigenvalue weighted by Crippen LogP contribution is -2.26. The number of nitrogens with zero attached hydrogens (tertiary/aromatic N) is 1. The maximum absolute atomic E-state index is 11.8. The third-order valence-corrected chi connectivity index (χ3v) is 3.31. The third kappa shape index (κ3) is 2.09. The highest BCUT2D eigenvalue weighted by Gasteiger charge is 2.35. The first-order valence-electron chi connectivity index (χ1n) is 6.08. The Morgan fingerprint density at radius 1 is 1.26 bits per heavy atom. The number of carbonyl (C=O) groups is 2. The van der Waals surface area contributed by atoms with Crippen LogP contribution in [-0.2, 0) is 9.59 Å². The van der Waals surface area contributed by atoms with Gasteiger partial charge in [-0.05, 0) is 12.1 Å². The smallest absolute Gasteiger partial charge is 0.308 e. The molecule has 0 spiro atoms. The van der Waals surface area contributed by atoms with Crippen LogP contribution in [0.25, 0.3) is 0 Å². The Morgan fingerprint density at radius 3 is 2.68 bits per heavy atom. The van der Waals surface area contributed by atoms with Gasteiger partial charge in [-0.3, -0.25) is 9.59 Å². The fourth-order valence-electron chi connectivity index (χ4n) is 2.32. The van der Waals surface area contributed by atoms with E-state index in [1.54, 1.807) is 18.2 Å². The van der Waals surface area contributed by atoms with Crippen molar-refractivity contribution in [3.63, 3.8) is 0 Å². The van der Waals surface area contributed by atoms with Gasteiger partial charge in [-0.2, -0.15) is 0 Å². The zero-order valence-electron chi connectivity index (χ0n) is 10.2. The lowest BCUT2D eigenvalue weighted by atomic mass is 10.1. The van der Waals surface area contributed by atoms with Gasteiger partial charge in [-0.15, -0.1) is 0 Å². The van der Waals surface area contributed by atoms with E-state index in [9.17, 15) is 9.59 Å². The second-order valence-corrected chi connectivity index (χ2v) is 4.57. The van der Waals surface area contributed by atoms with E-state index in [2.05, 4.69) is 0 Å². The second kappa shape index (κ2) is 4.46. The number of aliphatic carboxylic acids is 1. The molecule has 2 heterocycles. The van der Waals surface area contributed by atoms with Crippen LogP contribution in [0, 0.1) is 5.92 Å². The molecule has 19 heavy (non-hydrogen) atoms. The van der Waals surface area contributed by atoms with E-state index in [-0.39, 0.29) is 18.9 Å². The summed E-state index contributed by atoms with van der Waals surface area (Å²) in [4.78, 5) is 24.3. The fourth-order valence-corrected chi connectivity index (χ4v) is 2.32. The normalized spacial score (nSPS) is 21.6. The van der Waals surface area contributed by atoms with Gasteiger partial charge < -0.3 is 19.5 Å². The van der Waals surface area contributed by atoms with Crippen LogP contribution in [0.1, 0.15) is 6.42 Å². The van der Waals surface area contributed by atoms with Gasteiger partial charge in [0.15, 0.2) is 11.5 Å². The molecule has 1 aromatic carbocycles. The summed E-state index contributed by atoms with van der Waals surface area (Å²) >= 11 is 0. The molecular weight excluding hydrogens is 250 g/mol. The number of carboxylic acid groups (broad SMARTS) is 1. The summed E-state index contributed by atoms with van der Waals surface area (Å²) in [5, 5.41) is 8.96. The SMILES string of the molecule is O=C(O)[C@@H]1CC(=O)N(c2ccc3c(c2)OCCO3)C1. The Hall–Kier alpha value is -2.24. The van der Waals surface area contributed by atoms with Crippen molar-refractivity contribution < 1.29 is 24.2 Å². The van der Waals surface area contributed by atoms with E-state index in [0.717, 1.165) is 0 Å². The molecule has 0 aliphatic carbocycles. The van der Waals surface area contributed by atoms with Crippen molar-refractivity contribution in [1.29, 1.82) is 0 Å². The molecule has 3 rings (SSSR count). The molecule has 0 saturated carbocycles. The minimum atomic E-state index is -0.937. The predicted octanol–water partition coefficient (Wildman–Crippen LogP) is 0.895. The van der Waals surface area contributed by atoms with E-state index in [1.807, 2.05) is 0 Å². The van der Waals surface area contributed by atoms with Crippen molar-refractivity contribution in [2.45, 2.75) is 6.42 Å². The molecule has 1 atom stereocenters. The number of hydrogen-bond donors (Lipinski definition) is 1. The van der Waals surface area contributed by atoms with Crippen LogP contribution >= 0.6 is 0 Å². The molecular formula is C13H13NO5. The lowest BCUT2D eigenvalue weighted by molar-refractivity contribution is -0.141. The summed E-state index contributed by atoms with van der Waals surface area (Å²) in [5.74, 6) is -0.509. The van der Waals surface area contributed by atoms with Crippen LogP contribution in [0.5, 0.6) is 11.5 Å².